The Hall–Kier alpha value is -4.74. The van der Waals surface area contributed by atoms with Gasteiger partial charge in [0.15, 0.2) is 11.5 Å². The molecule has 200 valence electrons. The van der Waals surface area contributed by atoms with Crippen molar-refractivity contribution < 1.29 is 38.2 Å². The van der Waals surface area contributed by atoms with Crippen LogP contribution in [0.3, 0.4) is 0 Å². The van der Waals surface area contributed by atoms with Crippen LogP contribution in [-0.2, 0) is 35.9 Å². The van der Waals surface area contributed by atoms with Crippen LogP contribution in [-0.4, -0.2) is 65.1 Å². The van der Waals surface area contributed by atoms with Gasteiger partial charge in [0.2, 0.25) is 5.91 Å². The van der Waals surface area contributed by atoms with Crippen molar-refractivity contribution in [2.24, 2.45) is 5.73 Å². The van der Waals surface area contributed by atoms with Crippen LogP contribution in [0.15, 0.2) is 48.5 Å². The van der Waals surface area contributed by atoms with Crippen molar-refractivity contribution in [3.05, 3.63) is 59.7 Å². The second-order valence-corrected chi connectivity index (χ2v) is 8.55. The molecule has 2 aromatic carbocycles. The molecule has 1 unspecified atom stereocenters. The van der Waals surface area contributed by atoms with Crippen LogP contribution in [0.2, 0.25) is 0 Å². The number of likely N-dealkylation sites (N-methyl/N-ethyl adjacent to an activating group) is 1. The molecule has 1 atom stereocenters. The number of urea groups is 1. The van der Waals surface area contributed by atoms with Crippen LogP contribution >= 0.6 is 0 Å². The van der Waals surface area contributed by atoms with E-state index in [1.165, 1.54) is 23.1 Å². The fourth-order valence-corrected chi connectivity index (χ4v) is 4.08. The fourth-order valence-electron chi connectivity index (χ4n) is 4.08. The van der Waals surface area contributed by atoms with E-state index in [0.717, 1.165) is 18.7 Å². The van der Waals surface area contributed by atoms with Crippen molar-refractivity contribution in [2.75, 3.05) is 19.6 Å². The topological polar surface area (TPSA) is 165 Å². The summed E-state index contributed by atoms with van der Waals surface area (Å²) in [6.45, 7) is 4.34. The summed E-state index contributed by atoms with van der Waals surface area (Å²) in [5, 5.41) is 2.56. The predicted octanol–water partition coefficient (Wildman–Crippen LogP) is 0.861. The first-order valence-corrected chi connectivity index (χ1v) is 11.8. The number of piperazine rings is 1. The maximum absolute atomic E-state index is 13.4. The van der Waals surface area contributed by atoms with Crippen LogP contribution in [0, 0.1) is 0 Å². The van der Waals surface area contributed by atoms with E-state index in [0.29, 0.717) is 12.1 Å². The number of amides is 5. The SMILES string of the molecule is CCN1CCN(C(=O)NC(Cc2ccccc2)(C(N)=O)c2ccc(OC(C)=O)c(OC(C)=O)c2)C(=O)C1=O. The van der Waals surface area contributed by atoms with E-state index in [4.69, 9.17) is 15.2 Å². The number of nitrogens with zero attached hydrogens (tertiary/aromatic N) is 2. The maximum atomic E-state index is 13.4. The molecule has 1 aliphatic rings. The number of carbonyl (C=O) groups is 6. The van der Waals surface area contributed by atoms with Gasteiger partial charge in [-0.15, -0.1) is 0 Å². The van der Waals surface area contributed by atoms with Gasteiger partial charge in [0.05, 0.1) is 0 Å². The summed E-state index contributed by atoms with van der Waals surface area (Å²) in [6.07, 6.45) is -0.154. The molecular weight excluding hydrogens is 496 g/mol. The zero-order valence-corrected chi connectivity index (χ0v) is 21.2. The van der Waals surface area contributed by atoms with E-state index in [1.54, 1.807) is 37.3 Å². The quantitative estimate of drug-likeness (QED) is 0.291. The molecule has 12 heteroatoms. The third-order valence-corrected chi connectivity index (χ3v) is 5.93. The van der Waals surface area contributed by atoms with Gasteiger partial charge >= 0.3 is 29.8 Å². The van der Waals surface area contributed by atoms with Crippen LogP contribution in [0.1, 0.15) is 31.9 Å². The molecule has 0 spiro atoms. The monoisotopic (exact) mass is 524 g/mol. The largest absolute Gasteiger partial charge is 0.423 e. The minimum atomic E-state index is -1.96. The number of carbonyl (C=O) groups excluding carboxylic acids is 6. The third kappa shape index (κ3) is 5.97. The first-order valence-electron chi connectivity index (χ1n) is 11.8. The van der Waals surface area contributed by atoms with E-state index in [1.807, 2.05) is 0 Å². The summed E-state index contributed by atoms with van der Waals surface area (Å²) in [6, 6.07) is 11.5. The van der Waals surface area contributed by atoms with Gasteiger partial charge in [0.1, 0.15) is 5.54 Å². The summed E-state index contributed by atoms with van der Waals surface area (Å²) in [7, 11) is 0. The van der Waals surface area contributed by atoms with Gasteiger partial charge in [-0.05, 0) is 30.2 Å². The fraction of sp³-hybridized carbons (Fsp3) is 0.308. The van der Waals surface area contributed by atoms with Crippen LogP contribution in [0.5, 0.6) is 11.5 Å². The molecule has 3 rings (SSSR count). The van der Waals surface area contributed by atoms with E-state index < -0.39 is 41.2 Å². The molecule has 0 radical (unpaired) electrons. The highest BCUT2D eigenvalue weighted by Crippen LogP contribution is 2.35. The van der Waals surface area contributed by atoms with E-state index in [9.17, 15) is 28.8 Å². The lowest BCUT2D eigenvalue weighted by Crippen LogP contribution is -2.63. The first-order chi connectivity index (χ1) is 18.0. The predicted molar refractivity (Wildman–Crippen MR) is 133 cm³/mol. The zero-order chi connectivity index (χ0) is 28.0. The molecule has 5 amide bonds. The molecule has 1 heterocycles. The summed E-state index contributed by atoms with van der Waals surface area (Å²) in [5.41, 5.74) is 4.60. The molecule has 38 heavy (non-hydrogen) atoms. The van der Waals surface area contributed by atoms with Crippen molar-refractivity contribution in [1.29, 1.82) is 0 Å². The number of imide groups is 1. The number of hydrogen-bond donors (Lipinski definition) is 2. The van der Waals surface area contributed by atoms with E-state index in [2.05, 4.69) is 5.32 Å². The summed E-state index contributed by atoms with van der Waals surface area (Å²) >= 11 is 0. The Labute approximate surface area is 218 Å². The van der Waals surface area contributed by atoms with Crippen LogP contribution < -0.4 is 20.5 Å². The van der Waals surface area contributed by atoms with Gasteiger partial charge in [-0.2, -0.15) is 0 Å². The molecule has 0 aliphatic carbocycles. The maximum Gasteiger partial charge on any atom is 0.325 e. The van der Waals surface area contributed by atoms with Crippen molar-refractivity contribution in [3.63, 3.8) is 0 Å². The number of ether oxygens (including phenoxy) is 2. The lowest BCUT2D eigenvalue weighted by atomic mass is 9.82. The number of hydrogen-bond acceptors (Lipinski definition) is 8. The van der Waals surface area contributed by atoms with Gasteiger partial charge in [-0.3, -0.25) is 28.9 Å². The Balaban J connectivity index is 2.11. The molecule has 2 aromatic rings. The zero-order valence-electron chi connectivity index (χ0n) is 21.2. The summed E-state index contributed by atoms with van der Waals surface area (Å²) in [4.78, 5) is 76.8. The highest BCUT2D eigenvalue weighted by Gasteiger charge is 2.44. The highest BCUT2D eigenvalue weighted by atomic mass is 16.6. The number of primary amides is 1. The number of benzene rings is 2. The second kappa shape index (κ2) is 11.5. The summed E-state index contributed by atoms with van der Waals surface area (Å²) in [5.74, 6) is -4.58. The van der Waals surface area contributed by atoms with Crippen molar-refractivity contribution in [2.45, 2.75) is 32.7 Å². The Bertz CT molecular complexity index is 1280. The molecule has 0 bridgehead atoms. The van der Waals surface area contributed by atoms with Crippen molar-refractivity contribution in [3.8, 4) is 11.5 Å². The molecule has 0 saturated carbocycles. The average molecular weight is 525 g/mol. The molecule has 0 aromatic heterocycles. The van der Waals surface area contributed by atoms with Crippen LogP contribution in [0.4, 0.5) is 4.79 Å². The minimum absolute atomic E-state index is 0.0836. The number of nitrogens with one attached hydrogen (secondary N) is 1. The Morgan fingerprint density at radius 3 is 2.13 bits per heavy atom. The molecular formula is C26H28N4O8. The second-order valence-electron chi connectivity index (χ2n) is 8.55. The van der Waals surface area contributed by atoms with Crippen molar-refractivity contribution in [1.82, 2.24) is 15.1 Å². The van der Waals surface area contributed by atoms with Crippen molar-refractivity contribution >= 4 is 35.7 Å². The highest BCUT2D eigenvalue weighted by molar-refractivity contribution is 6.38. The Morgan fingerprint density at radius 1 is 0.921 bits per heavy atom. The Morgan fingerprint density at radius 2 is 1.55 bits per heavy atom. The number of esters is 2. The third-order valence-electron chi connectivity index (χ3n) is 5.93. The van der Waals surface area contributed by atoms with Gasteiger partial charge < -0.3 is 25.4 Å². The molecule has 1 fully saturated rings. The minimum Gasteiger partial charge on any atom is -0.423 e. The van der Waals surface area contributed by atoms with Gasteiger partial charge in [-0.25, -0.2) is 4.79 Å². The molecule has 1 aliphatic heterocycles. The number of nitrogens with two attached hydrogens (primary N) is 1. The molecule has 12 nitrogen and oxygen atoms in total. The summed E-state index contributed by atoms with van der Waals surface area (Å²) < 4.78 is 10.3. The first kappa shape index (κ1) is 27.8. The average Bonchev–Trinajstić information content (AvgIpc) is 2.86. The van der Waals surface area contributed by atoms with Gasteiger partial charge in [0, 0.05) is 39.9 Å². The van der Waals surface area contributed by atoms with Crippen LogP contribution in [0.25, 0.3) is 0 Å². The smallest absolute Gasteiger partial charge is 0.325 e. The van der Waals surface area contributed by atoms with Gasteiger partial charge in [-0.1, -0.05) is 36.4 Å². The normalized spacial score (nSPS) is 14.9. The standard InChI is InChI=1S/C26H28N4O8/c1-4-29-12-13-30(23(34)22(29)33)25(36)28-26(24(27)35,15-18-8-6-5-7-9-18)19-10-11-20(37-16(2)31)21(14-19)38-17(3)32/h5-11,14H,4,12-13,15H2,1-3H3,(H2,27,35)(H,28,36). The lowest BCUT2D eigenvalue weighted by Gasteiger charge is -2.37. The lowest BCUT2D eigenvalue weighted by molar-refractivity contribution is -0.153. The molecule has 1 saturated heterocycles. The van der Waals surface area contributed by atoms with Gasteiger partial charge in [0.25, 0.3) is 0 Å². The molecule has 3 N–H and O–H groups in total. The number of rotatable bonds is 8. The van der Waals surface area contributed by atoms with E-state index >= 15 is 0 Å². The Kier molecular flexibility index (Phi) is 8.46. The van der Waals surface area contributed by atoms with E-state index in [-0.39, 0.29) is 36.6 Å².